The second-order valence-electron chi connectivity index (χ2n) is 3.55. The van der Waals surface area contributed by atoms with Crippen LogP contribution < -0.4 is 0 Å². The van der Waals surface area contributed by atoms with Gasteiger partial charge in [0.15, 0.2) is 0 Å². The largest absolute Gasteiger partial charge is 0.295 e. The van der Waals surface area contributed by atoms with Crippen molar-refractivity contribution in [3.8, 4) is 0 Å². The monoisotopic (exact) mass is 187 g/mol. The van der Waals surface area contributed by atoms with Crippen molar-refractivity contribution in [1.82, 2.24) is 4.90 Å². The number of piperidine rings is 1. The van der Waals surface area contributed by atoms with Crippen molar-refractivity contribution in [3.63, 3.8) is 0 Å². The van der Waals surface area contributed by atoms with E-state index in [0.717, 1.165) is 17.6 Å². The molecule has 0 aromatic heterocycles. The van der Waals surface area contributed by atoms with Gasteiger partial charge in [-0.15, -0.1) is 0 Å². The molecule has 0 saturated carbocycles. The van der Waals surface area contributed by atoms with Crippen LogP contribution in [0.4, 0.5) is 0 Å². The maximum atomic E-state index is 5.80. The minimum atomic E-state index is 0.745. The molecule has 0 amide bonds. The quantitative estimate of drug-likeness (QED) is 0.657. The molecule has 1 saturated heterocycles. The van der Waals surface area contributed by atoms with Gasteiger partial charge in [-0.3, -0.25) is 4.90 Å². The lowest BCUT2D eigenvalue weighted by molar-refractivity contribution is 0.159. The molecule has 0 spiro atoms. The second-order valence-corrected chi connectivity index (χ2v) is 4.08. The fourth-order valence-corrected chi connectivity index (χ4v) is 2.10. The van der Waals surface area contributed by atoms with E-state index >= 15 is 0 Å². The second kappa shape index (κ2) is 4.88. The van der Waals surface area contributed by atoms with Crippen molar-refractivity contribution in [1.29, 1.82) is 0 Å². The van der Waals surface area contributed by atoms with Crippen molar-refractivity contribution >= 4 is 11.6 Å². The highest BCUT2D eigenvalue weighted by Gasteiger charge is 2.20. The van der Waals surface area contributed by atoms with E-state index in [-0.39, 0.29) is 0 Å². The van der Waals surface area contributed by atoms with E-state index in [4.69, 9.17) is 11.6 Å². The molecule has 0 aliphatic carbocycles. The van der Waals surface area contributed by atoms with Crippen LogP contribution in [0.25, 0.3) is 0 Å². The predicted octanol–water partition coefficient (Wildman–Crippen LogP) is 3.00. The highest BCUT2D eigenvalue weighted by molar-refractivity contribution is 6.29. The summed E-state index contributed by atoms with van der Waals surface area (Å²) in [6.07, 6.45) is 5.27. The predicted molar refractivity (Wildman–Crippen MR) is 54.5 cm³/mol. The summed E-state index contributed by atoms with van der Waals surface area (Å²) in [7, 11) is 0. The third-order valence-corrected chi connectivity index (χ3v) is 2.71. The van der Waals surface area contributed by atoms with Crippen LogP contribution in [0.2, 0.25) is 0 Å². The Morgan fingerprint density at radius 3 is 2.92 bits per heavy atom. The highest BCUT2D eigenvalue weighted by atomic mass is 35.5. The third-order valence-electron chi connectivity index (χ3n) is 2.59. The van der Waals surface area contributed by atoms with E-state index in [9.17, 15) is 0 Å². The number of hydrogen-bond acceptors (Lipinski definition) is 1. The minimum absolute atomic E-state index is 0.745. The van der Waals surface area contributed by atoms with Gasteiger partial charge in [0, 0.05) is 17.6 Å². The van der Waals surface area contributed by atoms with Crippen LogP contribution in [0.1, 0.15) is 32.6 Å². The first-order valence-corrected chi connectivity index (χ1v) is 5.19. The van der Waals surface area contributed by atoms with Gasteiger partial charge in [-0.1, -0.05) is 31.5 Å². The first-order valence-electron chi connectivity index (χ1n) is 4.81. The zero-order chi connectivity index (χ0) is 8.97. The summed E-state index contributed by atoms with van der Waals surface area (Å²) in [4.78, 5) is 2.46. The van der Waals surface area contributed by atoms with E-state index in [1.807, 2.05) is 0 Å². The average molecular weight is 188 g/mol. The van der Waals surface area contributed by atoms with Crippen molar-refractivity contribution in [2.45, 2.75) is 38.6 Å². The minimum Gasteiger partial charge on any atom is -0.295 e. The molecule has 1 atom stereocenters. The Bertz CT molecular complexity index is 156. The van der Waals surface area contributed by atoms with Gasteiger partial charge in [0.1, 0.15) is 0 Å². The summed E-state index contributed by atoms with van der Waals surface area (Å²) in [5.41, 5.74) is 0. The standard InChI is InChI=1S/C10H18ClN/c1-3-10-6-4-5-7-12(10)8-9(2)11/h10H,2-8H2,1H3. The SMILES string of the molecule is C=C(Cl)CN1CCCCC1CC. The van der Waals surface area contributed by atoms with Gasteiger partial charge in [-0.25, -0.2) is 0 Å². The van der Waals surface area contributed by atoms with Gasteiger partial charge in [0.25, 0.3) is 0 Å². The molecular weight excluding hydrogens is 170 g/mol. The topological polar surface area (TPSA) is 3.24 Å². The summed E-state index contributed by atoms with van der Waals surface area (Å²) in [5.74, 6) is 0. The Hall–Kier alpha value is -0.0100. The average Bonchev–Trinajstić information content (AvgIpc) is 2.04. The summed E-state index contributed by atoms with van der Waals surface area (Å²) in [6, 6.07) is 0.745. The molecule has 0 aromatic carbocycles. The molecule has 2 heteroatoms. The molecule has 0 aromatic rings. The zero-order valence-electron chi connectivity index (χ0n) is 7.85. The lowest BCUT2D eigenvalue weighted by Gasteiger charge is -2.34. The molecule has 1 fully saturated rings. The van der Waals surface area contributed by atoms with Crippen LogP contribution in [-0.2, 0) is 0 Å². The van der Waals surface area contributed by atoms with Crippen LogP contribution in [0.15, 0.2) is 11.6 Å². The van der Waals surface area contributed by atoms with Gasteiger partial charge >= 0.3 is 0 Å². The molecule has 70 valence electrons. The molecule has 0 radical (unpaired) electrons. The molecule has 1 unspecified atom stereocenters. The number of rotatable bonds is 3. The van der Waals surface area contributed by atoms with Gasteiger partial charge in [0.2, 0.25) is 0 Å². The van der Waals surface area contributed by atoms with E-state index in [1.54, 1.807) is 0 Å². The Morgan fingerprint density at radius 1 is 1.58 bits per heavy atom. The third kappa shape index (κ3) is 2.80. The molecule has 12 heavy (non-hydrogen) atoms. The molecule has 1 aliphatic rings. The van der Waals surface area contributed by atoms with E-state index < -0.39 is 0 Å². The van der Waals surface area contributed by atoms with Crippen LogP contribution >= 0.6 is 11.6 Å². The maximum absolute atomic E-state index is 5.80. The van der Waals surface area contributed by atoms with Crippen molar-refractivity contribution < 1.29 is 0 Å². The van der Waals surface area contributed by atoms with Crippen LogP contribution in [0, 0.1) is 0 Å². The van der Waals surface area contributed by atoms with E-state index in [2.05, 4.69) is 18.4 Å². The molecule has 1 aliphatic heterocycles. The molecule has 0 N–H and O–H groups in total. The van der Waals surface area contributed by atoms with Gasteiger partial charge < -0.3 is 0 Å². The number of hydrogen-bond donors (Lipinski definition) is 0. The van der Waals surface area contributed by atoms with E-state index in [0.29, 0.717) is 0 Å². The fraction of sp³-hybridized carbons (Fsp3) is 0.800. The van der Waals surface area contributed by atoms with Crippen LogP contribution in [0.5, 0.6) is 0 Å². The van der Waals surface area contributed by atoms with Crippen molar-refractivity contribution in [2.24, 2.45) is 0 Å². The lowest BCUT2D eigenvalue weighted by atomic mass is 10.0. The first kappa shape index (κ1) is 10.1. The normalized spacial score (nSPS) is 25.7. The summed E-state index contributed by atoms with van der Waals surface area (Å²) in [5, 5.41) is 0.773. The van der Waals surface area contributed by atoms with Gasteiger partial charge in [-0.2, -0.15) is 0 Å². The van der Waals surface area contributed by atoms with Crippen molar-refractivity contribution in [2.75, 3.05) is 13.1 Å². The van der Waals surface area contributed by atoms with Crippen LogP contribution in [-0.4, -0.2) is 24.0 Å². The van der Waals surface area contributed by atoms with E-state index in [1.165, 1.54) is 32.2 Å². The zero-order valence-corrected chi connectivity index (χ0v) is 8.61. The van der Waals surface area contributed by atoms with Gasteiger partial charge in [0.05, 0.1) is 0 Å². The summed E-state index contributed by atoms with van der Waals surface area (Å²) < 4.78 is 0. The highest BCUT2D eigenvalue weighted by Crippen LogP contribution is 2.20. The van der Waals surface area contributed by atoms with Gasteiger partial charge in [-0.05, 0) is 25.8 Å². The fourth-order valence-electron chi connectivity index (χ4n) is 1.95. The number of halogens is 1. The lowest BCUT2D eigenvalue weighted by Crippen LogP contribution is -2.39. The Labute approximate surface area is 80.4 Å². The molecular formula is C10H18ClN. The maximum Gasteiger partial charge on any atom is 0.0338 e. The summed E-state index contributed by atoms with van der Waals surface area (Å²) in [6.45, 7) is 8.07. The first-order chi connectivity index (χ1) is 5.74. The Kier molecular flexibility index (Phi) is 4.10. The summed E-state index contributed by atoms with van der Waals surface area (Å²) >= 11 is 5.80. The van der Waals surface area contributed by atoms with Crippen molar-refractivity contribution in [3.05, 3.63) is 11.6 Å². The smallest absolute Gasteiger partial charge is 0.0338 e. The molecule has 1 nitrogen and oxygen atoms in total. The molecule has 1 rings (SSSR count). The Balaban J connectivity index is 2.41. The molecule has 0 bridgehead atoms. The number of likely N-dealkylation sites (tertiary alicyclic amines) is 1. The number of nitrogens with zero attached hydrogens (tertiary/aromatic N) is 1. The van der Waals surface area contributed by atoms with Crippen LogP contribution in [0.3, 0.4) is 0 Å². The Morgan fingerprint density at radius 2 is 2.33 bits per heavy atom. The molecule has 1 heterocycles.